The van der Waals surface area contributed by atoms with Gasteiger partial charge in [0.15, 0.2) is 0 Å². The fourth-order valence-electron chi connectivity index (χ4n) is 2.85. The lowest BCUT2D eigenvalue weighted by Crippen LogP contribution is -2.30. The van der Waals surface area contributed by atoms with Gasteiger partial charge in [-0.1, -0.05) is 13.8 Å². The summed E-state index contributed by atoms with van der Waals surface area (Å²) >= 11 is 0. The second-order valence-electron chi connectivity index (χ2n) is 6.35. The molecular formula is C20H26F2N4O3S. The van der Waals surface area contributed by atoms with Crippen molar-refractivity contribution in [3.63, 3.8) is 0 Å². The molecule has 0 aromatic heterocycles. The summed E-state index contributed by atoms with van der Waals surface area (Å²) in [7, 11) is -3.67. The first-order chi connectivity index (χ1) is 14.2. The number of rotatable bonds is 10. The first-order valence-corrected chi connectivity index (χ1v) is 11.0. The summed E-state index contributed by atoms with van der Waals surface area (Å²) in [5.74, 6) is -2.20. The Labute approximate surface area is 175 Å². The number of benzene rings is 2. The number of amides is 1. The van der Waals surface area contributed by atoms with Crippen LogP contribution in [0.25, 0.3) is 0 Å². The van der Waals surface area contributed by atoms with Gasteiger partial charge in [-0.2, -0.15) is 4.31 Å². The first kappa shape index (κ1) is 23.6. The van der Waals surface area contributed by atoms with E-state index in [0.29, 0.717) is 37.1 Å². The fourth-order valence-corrected chi connectivity index (χ4v) is 4.33. The minimum atomic E-state index is -3.67. The van der Waals surface area contributed by atoms with Gasteiger partial charge in [0, 0.05) is 25.7 Å². The highest BCUT2D eigenvalue weighted by molar-refractivity contribution is 7.89. The van der Waals surface area contributed by atoms with Crippen LogP contribution >= 0.6 is 0 Å². The second-order valence-corrected chi connectivity index (χ2v) is 8.29. The van der Waals surface area contributed by atoms with Gasteiger partial charge in [0.05, 0.1) is 28.5 Å². The van der Waals surface area contributed by atoms with Crippen LogP contribution in [0.2, 0.25) is 0 Å². The molecule has 0 heterocycles. The van der Waals surface area contributed by atoms with Gasteiger partial charge in [0.1, 0.15) is 11.6 Å². The Hall–Kier alpha value is -2.72. The number of halogens is 2. The lowest BCUT2D eigenvalue weighted by molar-refractivity contribution is -0.114. The molecule has 0 unspecified atom stereocenters. The molecule has 0 saturated carbocycles. The van der Waals surface area contributed by atoms with Crippen molar-refractivity contribution in [3.05, 3.63) is 48.0 Å². The Morgan fingerprint density at radius 2 is 1.60 bits per heavy atom. The molecule has 30 heavy (non-hydrogen) atoms. The van der Waals surface area contributed by atoms with Crippen LogP contribution in [-0.4, -0.2) is 44.8 Å². The maximum Gasteiger partial charge on any atom is 0.243 e. The SMILES string of the molecule is CCNc1ccc(S(=O)(=O)N(CC)CC)cc1NCC(=O)Nc1ccc(F)cc1F. The van der Waals surface area contributed by atoms with E-state index in [2.05, 4.69) is 16.0 Å². The van der Waals surface area contributed by atoms with Gasteiger partial charge in [-0.15, -0.1) is 0 Å². The smallest absolute Gasteiger partial charge is 0.243 e. The van der Waals surface area contributed by atoms with Crippen LogP contribution in [0.4, 0.5) is 25.8 Å². The Morgan fingerprint density at radius 3 is 2.20 bits per heavy atom. The van der Waals surface area contributed by atoms with Gasteiger partial charge in [-0.05, 0) is 37.3 Å². The molecule has 10 heteroatoms. The van der Waals surface area contributed by atoms with Gasteiger partial charge in [0.25, 0.3) is 0 Å². The summed E-state index contributed by atoms with van der Waals surface area (Å²) in [5, 5.41) is 8.33. The van der Waals surface area contributed by atoms with Gasteiger partial charge < -0.3 is 16.0 Å². The predicted molar refractivity (Wildman–Crippen MR) is 114 cm³/mol. The van der Waals surface area contributed by atoms with Crippen molar-refractivity contribution in [3.8, 4) is 0 Å². The van der Waals surface area contributed by atoms with E-state index in [1.54, 1.807) is 19.9 Å². The van der Waals surface area contributed by atoms with Crippen LogP contribution in [0, 0.1) is 11.6 Å². The van der Waals surface area contributed by atoms with E-state index in [0.717, 1.165) is 12.1 Å². The quantitative estimate of drug-likeness (QED) is 0.526. The molecule has 0 aliphatic heterocycles. The van der Waals surface area contributed by atoms with Crippen LogP contribution in [0.15, 0.2) is 41.3 Å². The fraction of sp³-hybridized carbons (Fsp3) is 0.350. The maximum atomic E-state index is 13.7. The molecule has 0 radical (unpaired) electrons. The molecule has 0 bridgehead atoms. The number of sulfonamides is 1. The number of anilines is 3. The number of nitrogens with one attached hydrogen (secondary N) is 3. The van der Waals surface area contributed by atoms with Gasteiger partial charge in [-0.3, -0.25) is 4.79 Å². The molecule has 3 N–H and O–H groups in total. The molecule has 7 nitrogen and oxygen atoms in total. The lowest BCUT2D eigenvalue weighted by Gasteiger charge is -2.20. The molecule has 0 saturated heterocycles. The zero-order valence-corrected chi connectivity index (χ0v) is 17.9. The third kappa shape index (κ3) is 5.67. The van der Waals surface area contributed by atoms with Crippen molar-refractivity contribution < 1.29 is 22.0 Å². The number of hydrogen-bond donors (Lipinski definition) is 3. The summed E-state index contributed by atoms with van der Waals surface area (Å²) < 4.78 is 53.6. The zero-order valence-electron chi connectivity index (χ0n) is 17.1. The standard InChI is InChI=1S/C20H26F2N4O3S/c1-4-23-18-10-8-15(30(28,29)26(5-2)6-3)12-19(18)24-13-20(27)25-17-9-7-14(21)11-16(17)22/h7-12,23-24H,4-6,13H2,1-3H3,(H,25,27). The summed E-state index contributed by atoms with van der Waals surface area (Å²) in [6.07, 6.45) is 0. The van der Waals surface area contributed by atoms with Crippen molar-refractivity contribution in [1.82, 2.24) is 4.31 Å². The Kier molecular flexibility index (Phi) is 8.13. The topological polar surface area (TPSA) is 90.5 Å². The second kappa shape index (κ2) is 10.4. The molecule has 0 aliphatic carbocycles. The Morgan fingerprint density at radius 1 is 0.933 bits per heavy atom. The molecule has 2 aromatic rings. The summed E-state index contributed by atoms with van der Waals surface area (Å²) in [6.45, 7) is 6.41. The minimum absolute atomic E-state index is 0.0975. The Bertz CT molecular complexity index is 996. The molecule has 2 aromatic carbocycles. The molecule has 2 rings (SSSR count). The molecule has 1 amide bonds. The monoisotopic (exact) mass is 440 g/mol. The predicted octanol–water partition coefficient (Wildman–Crippen LogP) is 3.48. The highest BCUT2D eigenvalue weighted by atomic mass is 32.2. The summed E-state index contributed by atoms with van der Waals surface area (Å²) in [4.78, 5) is 12.3. The van der Waals surface area contributed by atoms with Crippen molar-refractivity contribution >= 4 is 33.0 Å². The lowest BCUT2D eigenvalue weighted by atomic mass is 10.2. The van der Waals surface area contributed by atoms with Gasteiger partial charge in [-0.25, -0.2) is 17.2 Å². The van der Waals surface area contributed by atoms with E-state index >= 15 is 0 Å². The van der Waals surface area contributed by atoms with E-state index < -0.39 is 27.6 Å². The molecule has 0 aliphatic rings. The van der Waals surface area contributed by atoms with Crippen LogP contribution in [0.1, 0.15) is 20.8 Å². The third-order valence-electron chi connectivity index (χ3n) is 4.35. The molecule has 0 spiro atoms. The zero-order chi connectivity index (χ0) is 22.3. The van der Waals surface area contributed by atoms with E-state index in [9.17, 15) is 22.0 Å². The van der Waals surface area contributed by atoms with Crippen LogP contribution in [0.3, 0.4) is 0 Å². The minimum Gasteiger partial charge on any atom is -0.384 e. The third-order valence-corrected chi connectivity index (χ3v) is 6.39. The summed E-state index contributed by atoms with van der Waals surface area (Å²) in [5.41, 5.74) is 0.893. The van der Waals surface area contributed by atoms with E-state index in [1.165, 1.54) is 16.4 Å². The van der Waals surface area contributed by atoms with Gasteiger partial charge in [0.2, 0.25) is 15.9 Å². The largest absolute Gasteiger partial charge is 0.384 e. The number of nitrogens with zero attached hydrogens (tertiary/aromatic N) is 1. The Balaban J connectivity index is 2.21. The highest BCUT2D eigenvalue weighted by Crippen LogP contribution is 2.27. The van der Waals surface area contributed by atoms with Crippen molar-refractivity contribution in [2.75, 3.05) is 42.1 Å². The van der Waals surface area contributed by atoms with E-state index in [4.69, 9.17) is 0 Å². The van der Waals surface area contributed by atoms with Crippen LogP contribution in [-0.2, 0) is 14.8 Å². The molecule has 0 atom stereocenters. The first-order valence-electron chi connectivity index (χ1n) is 9.59. The van der Waals surface area contributed by atoms with Crippen LogP contribution in [0.5, 0.6) is 0 Å². The number of carbonyl (C=O) groups excluding carboxylic acids is 1. The summed E-state index contributed by atoms with van der Waals surface area (Å²) in [6, 6.07) is 7.43. The molecule has 0 fully saturated rings. The average molecular weight is 441 g/mol. The van der Waals surface area contributed by atoms with Crippen LogP contribution < -0.4 is 16.0 Å². The molecule has 164 valence electrons. The van der Waals surface area contributed by atoms with Crippen molar-refractivity contribution in [2.45, 2.75) is 25.7 Å². The normalized spacial score (nSPS) is 11.4. The van der Waals surface area contributed by atoms with Crippen molar-refractivity contribution in [2.24, 2.45) is 0 Å². The number of hydrogen-bond acceptors (Lipinski definition) is 5. The van der Waals surface area contributed by atoms with E-state index in [-0.39, 0.29) is 17.1 Å². The van der Waals surface area contributed by atoms with E-state index in [1.807, 2.05) is 6.92 Å². The van der Waals surface area contributed by atoms with Crippen molar-refractivity contribution in [1.29, 1.82) is 0 Å². The molecular weight excluding hydrogens is 414 g/mol. The number of carbonyl (C=O) groups is 1. The maximum absolute atomic E-state index is 13.7. The average Bonchev–Trinajstić information content (AvgIpc) is 2.70. The van der Waals surface area contributed by atoms with Gasteiger partial charge >= 0.3 is 0 Å². The highest BCUT2D eigenvalue weighted by Gasteiger charge is 2.22.